The average Bonchev–Trinajstić information content (AvgIpc) is 2.97. The zero-order valence-corrected chi connectivity index (χ0v) is 11.5. The van der Waals surface area contributed by atoms with E-state index in [4.69, 9.17) is 4.42 Å². The van der Waals surface area contributed by atoms with Crippen LogP contribution in [0, 0.1) is 0 Å². The number of hydrogen-bond acceptors (Lipinski definition) is 3. The van der Waals surface area contributed by atoms with Crippen molar-refractivity contribution in [1.82, 2.24) is 5.43 Å². The minimum Gasteiger partial charge on any atom is -0.451 e. The van der Waals surface area contributed by atoms with E-state index >= 15 is 0 Å². The van der Waals surface area contributed by atoms with Gasteiger partial charge in [-0.3, -0.25) is 4.79 Å². The molecule has 3 rings (SSSR count). The van der Waals surface area contributed by atoms with Crippen molar-refractivity contribution in [2.24, 2.45) is 5.10 Å². The average molecular weight is 278 g/mol. The lowest BCUT2D eigenvalue weighted by atomic mass is 10.1. The Morgan fingerprint density at radius 2 is 1.76 bits per heavy atom. The van der Waals surface area contributed by atoms with Gasteiger partial charge in [0.2, 0.25) is 0 Å². The summed E-state index contributed by atoms with van der Waals surface area (Å²) in [5.41, 5.74) is 4.90. The number of amides is 1. The van der Waals surface area contributed by atoms with Gasteiger partial charge in [-0.15, -0.1) is 0 Å². The van der Waals surface area contributed by atoms with Crippen LogP contribution in [0.1, 0.15) is 23.0 Å². The Bertz CT molecular complexity index is 771. The lowest BCUT2D eigenvalue weighted by Crippen LogP contribution is -2.18. The van der Waals surface area contributed by atoms with Crippen molar-refractivity contribution >= 4 is 22.6 Å². The molecule has 0 bridgehead atoms. The van der Waals surface area contributed by atoms with Crippen LogP contribution in [0.5, 0.6) is 0 Å². The molecule has 1 amide bonds. The molecule has 1 heterocycles. The lowest BCUT2D eigenvalue weighted by Gasteiger charge is -2.00. The van der Waals surface area contributed by atoms with E-state index in [-0.39, 0.29) is 11.7 Å². The monoisotopic (exact) mass is 278 g/mol. The van der Waals surface area contributed by atoms with Gasteiger partial charge in [-0.2, -0.15) is 5.10 Å². The number of nitrogens with zero attached hydrogens (tertiary/aromatic N) is 1. The lowest BCUT2D eigenvalue weighted by molar-refractivity contribution is 0.0929. The van der Waals surface area contributed by atoms with Crippen molar-refractivity contribution in [2.75, 3.05) is 0 Å². The van der Waals surface area contributed by atoms with Crippen molar-refractivity contribution in [3.63, 3.8) is 0 Å². The third kappa shape index (κ3) is 2.84. The van der Waals surface area contributed by atoms with E-state index in [0.717, 1.165) is 16.7 Å². The molecule has 0 fully saturated rings. The highest BCUT2D eigenvalue weighted by Gasteiger charge is 2.11. The maximum Gasteiger partial charge on any atom is 0.307 e. The van der Waals surface area contributed by atoms with Gasteiger partial charge in [0.25, 0.3) is 0 Å². The maximum absolute atomic E-state index is 12.0. The van der Waals surface area contributed by atoms with Crippen LogP contribution in [-0.4, -0.2) is 11.6 Å². The van der Waals surface area contributed by atoms with E-state index in [2.05, 4.69) is 10.5 Å². The summed E-state index contributed by atoms with van der Waals surface area (Å²) in [5, 5.41) is 4.99. The van der Waals surface area contributed by atoms with Gasteiger partial charge in [-0.05, 0) is 24.6 Å². The predicted molar refractivity (Wildman–Crippen MR) is 82.3 cm³/mol. The standard InChI is InChI=1S/C17H14N2O2/c1-12(13-7-3-2-4-8-13)18-19-17(20)16-11-14-9-5-6-10-15(14)21-16/h2-11H,1H3,(H,19,20)/b18-12+. The van der Waals surface area contributed by atoms with Crippen LogP contribution in [0.3, 0.4) is 0 Å². The molecular formula is C17H14N2O2. The molecule has 1 aromatic heterocycles. The van der Waals surface area contributed by atoms with Crippen LogP contribution in [0.15, 0.2) is 70.2 Å². The molecule has 0 aliphatic rings. The molecule has 0 radical (unpaired) electrons. The van der Waals surface area contributed by atoms with Crippen LogP contribution in [0.4, 0.5) is 0 Å². The summed E-state index contributed by atoms with van der Waals surface area (Å²) in [6.07, 6.45) is 0. The van der Waals surface area contributed by atoms with E-state index in [9.17, 15) is 4.79 Å². The number of carbonyl (C=O) groups excluding carboxylic acids is 1. The van der Waals surface area contributed by atoms with Gasteiger partial charge in [0.1, 0.15) is 5.58 Å². The molecule has 21 heavy (non-hydrogen) atoms. The second-order valence-electron chi connectivity index (χ2n) is 4.65. The number of furan rings is 1. The van der Waals surface area contributed by atoms with Crippen molar-refractivity contribution in [3.8, 4) is 0 Å². The van der Waals surface area contributed by atoms with E-state index in [1.54, 1.807) is 6.07 Å². The first-order valence-electron chi connectivity index (χ1n) is 6.62. The first-order chi connectivity index (χ1) is 10.2. The number of rotatable bonds is 3. The van der Waals surface area contributed by atoms with Gasteiger partial charge in [-0.1, -0.05) is 48.5 Å². The Hall–Kier alpha value is -2.88. The molecule has 2 aromatic carbocycles. The van der Waals surface area contributed by atoms with Crippen molar-refractivity contribution in [3.05, 3.63) is 72.0 Å². The fourth-order valence-corrected chi connectivity index (χ4v) is 2.03. The highest BCUT2D eigenvalue weighted by atomic mass is 16.3. The largest absolute Gasteiger partial charge is 0.451 e. The number of carbonyl (C=O) groups is 1. The number of benzene rings is 2. The van der Waals surface area contributed by atoms with Crippen molar-refractivity contribution in [1.29, 1.82) is 0 Å². The third-order valence-electron chi connectivity index (χ3n) is 3.17. The highest BCUT2D eigenvalue weighted by Crippen LogP contribution is 2.18. The SMILES string of the molecule is C/C(=N\NC(=O)c1cc2ccccc2o1)c1ccccc1. The minimum absolute atomic E-state index is 0.251. The van der Waals surface area contributed by atoms with Gasteiger partial charge in [-0.25, -0.2) is 5.43 Å². The summed E-state index contributed by atoms with van der Waals surface area (Å²) in [7, 11) is 0. The van der Waals surface area contributed by atoms with Crippen LogP contribution in [0.25, 0.3) is 11.0 Å². The summed E-state index contributed by atoms with van der Waals surface area (Å²) < 4.78 is 5.49. The highest BCUT2D eigenvalue weighted by molar-refractivity contribution is 6.01. The number of para-hydroxylation sites is 1. The molecule has 0 aliphatic carbocycles. The Kier molecular flexibility index (Phi) is 3.51. The maximum atomic E-state index is 12.0. The Balaban J connectivity index is 1.77. The topological polar surface area (TPSA) is 54.6 Å². The first kappa shape index (κ1) is 13.1. The molecule has 0 spiro atoms. The number of fused-ring (bicyclic) bond motifs is 1. The summed E-state index contributed by atoms with van der Waals surface area (Å²) >= 11 is 0. The van der Waals surface area contributed by atoms with Gasteiger partial charge in [0.15, 0.2) is 5.76 Å². The molecule has 0 unspecified atom stereocenters. The van der Waals surface area contributed by atoms with Crippen LogP contribution < -0.4 is 5.43 Å². The fraction of sp³-hybridized carbons (Fsp3) is 0.0588. The fourth-order valence-electron chi connectivity index (χ4n) is 2.03. The number of hydrazone groups is 1. The normalized spacial score (nSPS) is 11.6. The zero-order valence-electron chi connectivity index (χ0n) is 11.5. The molecule has 3 aromatic rings. The molecule has 104 valence electrons. The molecule has 0 atom stereocenters. The summed E-state index contributed by atoms with van der Waals surface area (Å²) in [6.45, 7) is 1.84. The Labute approximate surface area is 122 Å². The van der Waals surface area contributed by atoms with Gasteiger partial charge >= 0.3 is 5.91 Å². The second-order valence-corrected chi connectivity index (χ2v) is 4.65. The van der Waals surface area contributed by atoms with Crippen LogP contribution in [-0.2, 0) is 0 Å². The van der Waals surface area contributed by atoms with E-state index < -0.39 is 0 Å². The molecule has 0 saturated carbocycles. The number of hydrogen-bond donors (Lipinski definition) is 1. The quantitative estimate of drug-likeness (QED) is 0.588. The second kappa shape index (κ2) is 5.63. The van der Waals surface area contributed by atoms with E-state index in [0.29, 0.717) is 5.58 Å². The van der Waals surface area contributed by atoms with E-state index in [1.807, 2.05) is 61.5 Å². The van der Waals surface area contributed by atoms with Gasteiger partial charge in [0, 0.05) is 5.39 Å². The summed E-state index contributed by atoms with van der Waals surface area (Å²) in [5.74, 6) is -0.109. The third-order valence-corrected chi connectivity index (χ3v) is 3.17. The van der Waals surface area contributed by atoms with Crippen molar-refractivity contribution in [2.45, 2.75) is 6.92 Å². The molecule has 0 saturated heterocycles. The Morgan fingerprint density at radius 1 is 1.05 bits per heavy atom. The molecular weight excluding hydrogens is 264 g/mol. The van der Waals surface area contributed by atoms with Gasteiger partial charge < -0.3 is 4.42 Å². The van der Waals surface area contributed by atoms with Crippen LogP contribution in [0.2, 0.25) is 0 Å². The smallest absolute Gasteiger partial charge is 0.307 e. The first-order valence-corrected chi connectivity index (χ1v) is 6.62. The molecule has 1 N–H and O–H groups in total. The predicted octanol–water partition coefficient (Wildman–Crippen LogP) is 3.59. The number of nitrogens with one attached hydrogen (secondary N) is 1. The molecule has 0 aliphatic heterocycles. The van der Waals surface area contributed by atoms with Crippen molar-refractivity contribution < 1.29 is 9.21 Å². The summed E-state index contributed by atoms with van der Waals surface area (Å²) in [4.78, 5) is 12.0. The minimum atomic E-state index is -0.360. The zero-order chi connectivity index (χ0) is 14.7. The summed E-state index contributed by atoms with van der Waals surface area (Å²) in [6, 6.07) is 18.9. The van der Waals surface area contributed by atoms with Crippen LogP contribution >= 0.6 is 0 Å². The van der Waals surface area contributed by atoms with Gasteiger partial charge in [0.05, 0.1) is 5.71 Å². The Morgan fingerprint density at radius 3 is 2.52 bits per heavy atom. The van der Waals surface area contributed by atoms with E-state index in [1.165, 1.54) is 0 Å². The molecule has 4 heteroatoms. The molecule has 4 nitrogen and oxygen atoms in total.